The van der Waals surface area contributed by atoms with Gasteiger partial charge in [-0.05, 0) is 30.4 Å². The van der Waals surface area contributed by atoms with Crippen molar-refractivity contribution in [3.8, 4) is 11.5 Å². The van der Waals surface area contributed by atoms with E-state index in [1.54, 1.807) is 0 Å². The lowest BCUT2D eigenvalue weighted by Gasteiger charge is -2.31. The second-order valence-electron chi connectivity index (χ2n) is 6.30. The van der Waals surface area contributed by atoms with E-state index in [9.17, 15) is 9.90 Å². The van der Waals surface area contributed by atoms with Crippen LogP contribution in [0.2, 0.25) is 0 Å². The summed E-state index contributed by atoms with van der Waals surface area (Å²) in [6.07, 6.45) is 3.36. The van der Waals surface area contributed by atoms with Gasteiger partial charge >= 0.3 is 5.97 Å². The zero-order valence-corrected chi connectivity index (χ0v) is 12.6. The van der Waals surface area contributed by atoms with Gasteiger partial charge in [0.2, 0.25) is 0 Å². The largest absolute Gasteiger partial charge is 0.486 e. The first-order valence-electron chi connectivity index (χ1n) is 7.72. The average molecular weight is 290 g/mol. The average Bonchev–Trinajstić information content (AvgIpc) is 2.96. The quantitative estimate of drug-likeness (QED) is 0.926. The molecule has 0 saturated heterocycles. The van der Waals surface area contributed by atoms with E-state index < -0.39 is 11.4 Å². The SMILES string of the molecule is CC(C)c1c(C2(C(=O)O)CCCC2)ccc2c1OCCO2. The number of carbonyl (C=O) groups is 1. The van der Waals surface area contributed by atoms with E-state index in [-0.39, 0.29) is 5.92 Å². The van der Waals surface area contributed by atoms with Gasteiger partial charge in [0.15, 0.2) is 11.5 Å². The molecule has 1 aromatic rings. The number of carboxylic acids is 1. The van der Waals surface area contributed by atoms with Crippen LogP contribution in [0.4, 0.5) is 0 Å². The van der Waals surface area contributed by atoms with Gasteiger partial charge in [0.25, 0.3) is 0 Å². The molecule has 0 radical (unpaired) electrons. The molecule has 1 aliphatic heterocycles. The van der Waals surface area contributed by atoms with Gasteiger partial charge in [-0.1, -0.05) is 32.8 Å². The molecule has 0 unspecified atom stereocenters. The van der Waals surface area contributed by atoms with Gasteiger partial charge in [-0.25, -0.2) is 0 Å². The van der Waals surface area contributed by atoms with Crippen molar-refractivity contribution >= 4 is 5.97 Å². The third-order valence-corrected chi connectivity index (χ3v) is 4.71. The fourth-order valence-electron chi connectivity index (χ4n) is 3.70. The Bertz CT molecular complexity index is 556. The highest BCUT2D eigenvalue weighted by molar-refractivity contribution is 5.83. The van der Waals surface area contributed by atoms with Gasteiger partial charge < -0.3 is 14.6 Å². The number of aliphatic carboxylic acids is 1. The predicted octanol–water partition coefficient (Wildman–Crippen LogP) is 3.48. The molecule has 0 atom stereocenters. The Morgan fingerprint density at radius 2 is 1.86 bits per heavy atom. The topological polar surface area (TPSA) is 55.8 Å². The molecule has 1 fully saturated rings. The molecular formula is C17H22O4. The van der Waals surface area contributed by atoms with Crippen LogP contribution in [0.1, 0.15) is 56.6 Å². The summed E-state index contributed by atoms with van der Waals surface area (Å²) < 4.78 is 11.5. The number of hydrogen-bond donors (Lipinski definition) is 1. The Morgan fingerprint density at radius 1 is 1.19 bits per heavy atom. The summed E-state index contributed by atoms with van der Waals surface area (Å²) in [4.78, 5) is 12.0. The molecule has 1 heterocycles. The van der Waals surface area contributed by atoms with Crippen LogP contribution in [0.3, 0.4) is 0 Å². The zero-order chi connectivity index (χ0) is 15.0. The highest BCUT2D eigenvalue weighted by Gasteiger charge is 2.45. The van der Waals surface area contributed by atoms with Crippen molar-refractivity contribution in [2.75, 3.05) is 13.2 Å². The first-order valence-corrected chi connectivity index (χ1v) is 7.72. The smallest absolute Gasteiger partial charge is 0.314 e. The summed E-state index contributed by atoms with van der Waals surface area (Å²) in [6.45, 7) is 5.24. The van der Waals surface area contributed by atoms with Crippen molar-refractivity contribution < 1.29 is 19.4 Å². The summed E-state index contributed by atoms with van der Waals surface area (Å²) in [7, 11) is 0. The Kier molecular flexibility index (Phi) is 3.56. The summed E-state index contributed by atoms with van der Waals surface area (Å²) >= 11 is 0. The second-order valence-corrected chi connectivity index (χ2v) is 6.30. The predicted molar refractivity (Wildman–Crippen MR) is 79.3 cm³/mol. The molecule has 0 aromatic heterocycles. The Balaban J connectivity index is 2.20. The van der Waals surface area contributed by atoms with Crippen LogP contribution in [0.5, 0.6) is 11.5 Å². The summed E-state index contributed by atoms with van der Waals surface area (Å²) in [5.41, 5.74) is 1.18. The third kappa shape index (κ3) is 2.17. The van der Waals surface area contributed by atoms with Crippen molar-refractivity contribution in [2.24, 2.45) is 0 Å². The number of hydrogen-bond acceptors (Lipinski definition) is 3. The van der Waals surface area contributed by atoms with Gasteiger partial charge in [-0.15, -0.1) is 0 Å². The lowest BCUT2D eigenvalue weighted by molar-refractivity contribution is -0.143. The maximum absolute atomic E-state index is 12.0. The van der Waals surface area contributed by atoms with E-state index in [1.807, 2.05) is 12.1 Å². The first kappa shape index (κ1) is 14.2. The van der Waals surface area contributed by atoms with Crippen molar-refractivity contribution in [1.82, 2.24) is 0 Å². The molecule has 1 aliphatic carbocycles. The molecule has 0 amide bonds. The molecule has 3 rings (SSSR count). The number of ether oxygens (including phenoxy) is 2. The Hall–Kier alpha value is -1.71. The summed E-state index contributed by atoms with van der Waals surface area (Å²) in [6, 6.07) is 3.82. The van der Waals surface area contributed by atoms with E-state index in [0.717, 1.165) is 35.5 Å². The standard InChI is InChI=1S/C17H22O4/c1-11(2)14-12(17(16(18)19)7-3-4-8-17)5-6-13-15(14)21-10-9-20-13/h5-6,11H,3-4,7-10H2,1-2H3,(H,18,19). The fraction of sp³-hybridized carbons (Fsp3) is 0.588. The number of fused-ring (bicyclic) bond motifs is 1. The summed E-state index contributed by atoms with van der Waals surface area (Å²) in [5.74, 6) is 0.987. The normalized spacial score (nSPS) is 19.8. The van der Waals surface area contributed by atoms with E-state index in [0.29, 0.717) is 26.1 Å². The molecule has 1 N–H and O–H groups in total. The van der Waals surface area contributed by atoms with E-state index in [2.05, 4.69) is 13.8 Å². The van der Waals surface area contributed by atoms with Gasteiger partial charge in [-0.3, -0.25) is 4.79 Å². The van der Waals surface area contributed by atoms with Gasteiger partial charge in [0.05, 0.1) is 5.41 Å². The Morgan fingerprint density at radius 3 is 2.48 bits per heavy atom. The van der Waals surface area contributed by atoms with E-state index in [1.165, 1.54) is 0 Å². The van der Waals surface area contributed by atoms with Gasteiger partial charge in [0, 0.05) is 5.56 Å². The number of rotatable bonds is 3. The van der Waals surface area contributed by atoms with Crippen LogP contribution >= 0.6 is 0 Å². The van der Waals surface area contributed by atoms with Gasteiger partial charge in [0.1, 0.15) is 13.2 Å². The van der Waals surface area contributed by atoms with Crippen LogP contribution in [0.25, 0.3) is 0 Å². The van der Waals surface area contributed by atoms with Crippen molar-refractivity contribution in [1.29, 1.82) is 0 Å². The second kappa shape index (κ2) is 5.24. The summed E-state index contributed by atoms with van der Waals surface area (Å²) in [5, 5.41) is 9.86. The Labute approximate surface area is 125 Å². The molecule has 4 nitrogen and oxygen atoms in total. The fourth-order valence-corrected chi connectivity index (χ4v) is 3.70. The van der Waals surface area contributed by atoms with Crippen molar-refractivity contribution in [2.45, 2.75) is 50.9 Å². The molecule has 4 heteroatoms. The van der Waals surface area contributed by atoms with Crippen LogP contribution in [0, 0.1) is 0 Å². The maximum Gasteiger partial charge on any atom is 0.314 e. The third-order valence-electron chi connectivity index (χ3n) is 4.71. The van der Waals surface area contributed by atoms with Crippen LogP contribution < -0.4 is 9.47 Å². The van der Waals surface area contributed by atoms with Crippen molar-refractivity contribution in [3.05, 3.63) is 23.3 Å². The van der Waals surface area contributed by atoms with E-state index >= 15 is 0 Å². The lowest BCUT2D eigenvalue weighted by Crippen LogP contribution is -2.34. The molecule has 114 valence electrons. The molecule has 1 aromatic carbocycles. The van der Waals surface area contributed by atoms with E-state index in [4.69, 9.17) is 9.47 Å². The van der Waals surface area contributed by atoms with Crippen LogP contribution in [-0.2, 0) is 10.2 Å². The molecule has 0 bridgehead atoms. The van der Waals surface area contributed by atoms with Crippen molar-refractivity contribution in [3.63, 3.8) is 0 Å². The lowest BCUT2D eigenvalue weighted by atomic mass is 9.74. The monoisotopic (exact) mass is 290 g/mol. The highest BCUT2D eigenvalue weighted by Crippen LogP contribution is 2.49. The molecular weight excluding hydrogens is 268 g/mol. The zero-order valence-electron chi connectivity index (χ0n) is 12.6. The number of benzene rings is 1. The number of carboxylic acid groups (broad SMARTS) is 1. The molecule has 0 spiro atoms. The van der Waals surface area contributed by atoms with Crippen LogP contribution in [0.15, 0.2) is 12.1 Å². The first-order chi connectivity index (χ1) is 10.1. The van der Waals surface area contributed by atoms with Gasteiger partial charge in [-0.2, -0.15) is 0 Å². The molecule has 1 saturated carbocycles. The maximum atomic E-state index is 12.0. The minimum absolute atomic E-state index is 0.202. The van der Waals surface area contributed by atoms with Crippen LogP contribution in [-0.4, -0.2) is 24.3 Å². The minimum atomic E-state index is -0.755. The molecule has 21 heavy (non-hydrogen) atoms. The minimum Gasteiger partial charge on any atom is -0.486 e. The molecule has 2 aliphatic rings. The highest BCUT2D eigenvalue weighted by atomic mass is 16.6.